The minimum absolute atomic E-state index is 0.0336. The standard InChI is InChI=1S/C14H18ClNO/c1-10-4-3-9-16(10)11(2)14(17)12-5-7-13(15)8-6-12/h5-8,10-11H,3-4,9H2,1-2H3. The molecule has 1 aliphatic rings. The summed E-state index contributed by atoms with van der Waals surface area (Å²) in [6, 6.07) is 7.64. The molecule has 0 aromatic heterocycles. The molecule has 2 nitrogen and oxygen atoms in total. The number of hydrogen-bond donors (Lipinski definition) is 0. The van der Waals surface area contributed by atoms with Crippen LogP contribution < -0.4 is 0 Å². The van der Waals surface area contributed by atoms with E-state index in [1.807, 2.05) is 19.1 Å². The molecule has 1 aromatic rings. The second-order valence-corrected chi connectivity index (χ2v) is 5.21. The van der Waals surface area contributed by atoms with Crippen molar-refractivity contribution in [3.8, 4) is 0 Å². The van der Waals surface area contributed by atoms with E-state index in [1.54, 1.807) is 12.1 Å². The van der Waals surface area contributed by atoms with Crippen LogP contribution in [0.4, 0.5) is 0 Å². The Bertz CT molecular complexity index is 401. The molecule has 1 fully saturated rings. The molecule has 0 radical (unpaired) electrons. The Balaban J connectivity index is 2.11. The molecule has 2 atom stereocenters. The number of carbonyl (C=O) groups excluding carboxylic acids is 1. The Morgan fingerprint density at radius 1 is 1.41 bits per heavy atom. The van der Waals surface area contributed by atoms with Crippen molar-refractivity contribution in [3.05, 3.63) is 34.9 Å². The third-order valence-corrected chi connectivity index (χ3v) is 3.86. The number of rotatable bonds is 3. The lowest BCUT2D eigenvalue weighted by Crippen LogP contribution is -2.40. The molecule has 0 N–H and O–H groups in total. The predicted octanol–water partition coefficient (Wildman–Crippen LogP) is 3.40. The lowest BCUT2D eigenvalue weighted by molar-refractivity contribution is 0.0829. The summed E-state index contributed by atoms with van der Waals surface area (Å²) in [4.78, 5) is 14.6. The Hall–Kier alpha value is -0.860. The van der Waals surface area contributed by atoms with Gasteiger partial charge in [0, 0.05) is 16.6 Å². The zero-order chi connectivity index (χ0) is 12.4. The second kappa shape index (κ2) is 5.19. The van der Waals surface area contributed by atoms with Gasteiger partial charge in [-0.3, -0.25) is 9.69 Å². The fourth-order valence-electron chi connectivity index (χ4n) is 2.54. The van der Waals surface area contributed by atoms with Crippen LogP contribution in [0, 0.1) is 0 Å². The number of benzene rings is 1. The number of likely N-dealkylation sites (tertiary alicyclic amines) is 1. The molecule has 2 unspecified atom stereocenters. The van der Waals surface area contributed by atoms with Crippen LogP contribution in [0.15, 0.2) is 24.3 Å². The largest absolute Gasteiger partial charge is 0.292 e. The fraction of sp³-hybridized carbons (Fsp3) is 0.500. The van der Waals surface area contributed by atoms with E-state index in [0.717, 1.165) is 12.1 Å². The molecule has 17 heavy (non-hydrogen) atoms. The maximum Gasteiger partial charge on any atom is 0.179 e. The molecule has 0 amide bonds. The Morgan fingerprint density at radius 3 is 2.59 bits per heavy atom. The third-order valence-electron chi connectivity index (χ3n) is 3.61. The van der Waals surface area contributed by atoms with E-state index in [9.17, 15) is 4.79 Å². The van der Waals surface area contributed by atoms with Gasteiger partial charge in [0.2, 0.25) is 0 Å². The molecular weight excluding hydrogens is 234 g/mol. The molecule has 0 saturated carbocycles. The molecule has 3 heteroatoms. The highest BCUT2D eigenvalue weighted by Crippen LogP contribution is 2.22. The van der Waals surface area contributed by atoms with Crippen LogP contribution in [0.25, 0.3) is 0 Å². The van der Waals surface area contributed by atoms with Crippen molar-refractivity contribution >= 4 is 17.4 Å². The van der Waals surface area contributed by atoms with Crippen molar-refractivity contribution in [1.82, 2.24) is 4.90 Å². The molecule has 0 spiro atoms. The zero-order valence-corrected chi connectivity index (χ0v) is 11.1. The summed E-state index contributed by atoms with van der Waals surface area (Å²) in [5.41, 5.74) is 0.751. The van der Waals surface area contributed by atoms with Crippen LogP contribution in [0.1, 0.15) is 37.0 Å². The number of ketones is 1. The van der Waals surface area contributed by atoms with Gasteiger partial charge >= 0.3 is 0 Å². The number of halogens is 1. The summed E-state index contributed by atoms with van der Waals surface area (Å²) < 4.78 is 0. The van der Waals surface area contributed by atoms with Gasteiger partial charge in [0.15, 0.2) is 5.78 Å². The molecule has 1 aliphatic heterocycles. The van der Waals surface area contributed by atoms with E-state index in [2.05, 4.69) is 11.8 Å². The summed E-state index contributed by atoms with van der Waals surface area (Å²) in [6.07, 6.45) is 2.39. The van der Waals surface area contributed by atoms with Gasteiger partial charge in [0.25, 0.3) is 0 Å². The van der Waals surface area contributed by atoms with Gasteiger partial charge in [0.05, 0.1) is 6.04 Å². The summed E-state index contributed by atoms with van der Waals surface area (Å²) in [5, 5.41) is 0.670. The van der Waals surface area contributed by atoms with Gasteiger partial charge < -0.3 is 0 Å². The van der Waals surface area contributed by atoms with Gasteiger partial charge in [-0.25, -0.2) is 0 Å². The molecule has 1 saturated heterocycles. The van der Waals surface area contributed by atoms with E-state index in [-0.39, 0.29) is 11.8 Å². The highest BCUT2D eigenvalue weighted by Gasteiger charge is 2.29. The van der Waals surface area contributed by atoms with Crippen molar-refractivity contribution in [1.29, 1.82) is 0 Å². The van der Waals surface area contributed by atoms with Crippen molar-refractivity contribution in [2.24, 2.45) is 0 Å². The van der Waals surface area contributed by atoms with Gasteiger partial charge in [-0.05, 0) is 57.5 Å². The predicted molar refractivity (Wildman–Crippen MR) is 70.6 cm³/mol. The van der Waals surface area contributed by atoms with Crippen LogP contribution in [-0.2, 0) is 0 Å². The first-order valence-corrected chi connectivity index (χ1v) is 6.53. The smallest absolute Gasteiger partial charge is 0.179 e. The van der Waals surface area contributed by atoms with Crippen molar-refractivity contribution in [2.45, 2.75) is 38.8 Å². The topological polar surface area (TPSA) is 20.3 Å². The van der Waals surface area contributed by atoms with Gasteiger partial charge in [0.1, 0.15) is 0 Å². The highest BCUT2D eigenvalue weighted by molar-refractivity contribution is 6.30. The second-order valence-electron chi connectivity index (χ2n) is 4.78. The average Bonchev–Trinajstić information content (AvgIpc) is 2.74. The summed E-state index contributed by atoms with van der Waals surface area (Å²) in [6.45, 7) is 5.22. The minimum Gasteiger partial charge on any atom is -0.292 e. The van der Waals surface area contributed by atoms with E-state index >= 15 is 0 Å². The number of carbonyl (C=O) groups is 1. The minimum atomic E-state index is -0.0336. The lowest BCUT2D eigenvalue weighted by atomic mass is 10.0. The fourth-order valence-corrected chi connectivity index (χ4v) is 2.66. The summed E-state index contributed by atoms with van der Waals surface area (Å²) in [7, 11) is 0. The Labute approximate surface area is 108 Å². The third kappa shape index (κ3) is 2.70. The normalized spacial score (nSPS) is 22.6. The first-order chi connectivity index (χ1) is 8.09. The molecular formula is C14H18ClNO. The molecule has 0 bridgehead atoms. The zero-order valence-electron chi connectivity index (χ0n) is 10.3. The van der Waals surface area contributed by atoms with Gasteiger partial charge in [-0.2, -0.15) is 0 Å². The van der Waals surface area contributed by atoms with Crippen molar-refractivity contribution in [2.75, 3.05) is 6.54 Å². The van der Waals surface area contributed by atoms with Crippen LogP contribution in [0.5, 0.6) is 0 Å². The molecule has 0 aliphatic carbocycles. The van der Waals surface area contributed by atoms with Crippen LogP contribution in [-0.4, -0.2) is 29.3 Å². The first-order valence-electron chi connectivity index (χ1n) is 6.15. The number of hydrogen-bond acceptors (Lipinski definition) is 2. The van der Waals surface area contributed by atoms with Crippen LogP contribution in [0.2, 0.25) is 5.02 Å². The molecule has 92 valence electrons. The van der Waals surface area contributed by atoms with Gasteiger partial charge in [-0.15, -0.1) is 0 Å². The van der Waals surface area contributed by atoms with Crippen molar-refractivity contribution in [3.63, 3.8) is 0 Å². The average molecular weight is 252 g/mol. The lowest BCUT2D eigenvalue weighted by Gasteiger charge is -2.27. The van der Waals surface area contributed by atoms with Crippen molar-refractivity contribution < 1.29 is 4.79 Å². The van der Waals surface area contributed by atoms with Gasteiger partial charge in [-0.1, -0.05) is 11.6 Å². The molecule has 1 heterocycles. The number of Topliss-reactive ketones (excluding diaryl/α,β-unsaturated/α-hetero) is 1. The quantitative estimate of drug-likeness (QED) is 0.768. The first kappa shape index (κ1) is 12.6. The van der Waals surface area contributed by atoms with Crippen LogP contribution in [0.3, 0.4) is 0 Å². The highest BCUT2D eigenvalue weighted by atomic mass is 35.5. The van der Waals surface area contributed by atoms with E-state index < -0.39 is 0 Å². The van der Waals surface area contributed by atoms with Crippen LogP contribution >= 0.6 is 11.6 Å². The molecule has 1 aromatic carbocycles. The maximum atomic E-state index is 12.3. The van der Waals surface area contributed by atoms with E-state index in [4.69, 9.17) is 11.6 Å². The monoisotopic (exact) mass is 251 g/mol. The Morgan fingerprint density at radius 2 is 2.06 bits per heavy atom. The summed E-state index contributed by atoms with van der Waals surface area (Å²) >= 11 is 5.82. The number of nitrogens with zero attached hydrogens (tertiary/aromatic N) is 1. The van der Waals surface area contributed by atoms with E-state index in [1.165, 1.54) is 12.8 Å². The molecule has 2 rings (SSSR count). The maximum absolute atomic E-state index is 12.3. The summed E-state index contributed by atoms with van der Waals surface area (Å²) in [5.74, 6) is 0.190. The Kier molecular flexibility index (Phi) is 3.85. The van der Waals surface area contributed by atoms with E-state index in [0.29, 0.717) is 11.1 Å². The SMILES string of the molecule is CC1CCCN1C(C)C(=O)c1ccc(Cl)cc1.